The summed E-state index contributed by atoms with van der Waals surface area (Å²) in [5.41, 5.74) is 3.96. The smallest absolute Gasteiger partial charge is 0.0628 e. The molecule has 5 aliphatic rings. The second-order valence-corrected chi connectivity index (χ2v) is 15.2. The molecule has 31 heavy (non-hydrogen) atoms. The van der Waals surface area contributed by atoms with Crippen molar-refractivity contribution < 1.29 is 5.11 Å². The number of fused-ring (bicyclic) bond motifs is 7. The van der Waals surface area contributed by atoms with Gasteiger partial charge in [-0.25, -0.2) is 0 Å². The Kier molecular flexibility index (Phi) is 4.66. The van der Waals surface area contributed by atoms with Crippen molar-refractivity contribution in [2.45, 2.75) is 126 Å². The van der Waals surface area contributed by atoms with Crippen molar-refractivity contribution in [3.8, 4) is 0 Å². The summed E-state index contributed by atoms with van der Waals surface area (Å²) < 4.78 is 0. The minimum absolute atomic E-state index is 0.0446. The van der Waals surface area contributed by atoms with Crippen molar-refractivity contribution in [1.82, 2.24) is 0 Å². The van der Waals surface area contributed by atoms with E-state index in [4.69, 9.17) is 0 Å². The molecule has 8 atom stereocenters. The van der Waals surface area contributed by atoms with E-state index in [1.54, 1.807) is 5.57 Å². The van der Waals surface area contributed by atoms with Crippen molar-refractivity contribution >= 4 is 0 Å². The number of hydrogen-bond donors (Lipinski definition) is 1. The Bertz CT molecular complexity index is 790. The van der Waals surface area contributed by atoms with Crippen LogP contribution in [-0.2, 0) is 0 Å². The molecule has 0 saturated heterocycles. The first-order valence-electron chi connectivity index (χ1n) is 13.6. The minimum atomic E-state index is -0.167. The highest BCUT2D eigenvalue weighted by Crippen LogP contribution is 2.77. The van der Waals surface area contributed by atoms with E-state index in [0.717, 1.165) is 18.3 Å². The number of rotatable bonds is 0. The molecule has 0 amide bonds. The van der Waals surface area contributed by atoms with Crippen LogP contribution in [-0.4, -0.2) is 11.2 Å². The Morgan fingerprint density at radius 3 is 2.06 bits per heavy atom. The molecule has 4 saturated carbocycles. The maximum absolute atomic E-state index is 10.8. The molecule has 0 bridgehead atoms. The van der Waals surface area contributed by atoms with Crippen molar-refractivity contribution in [2.75, 3.05) is 0 Å². The number of aliphatic hydroxyl groups excluding tert-OH is 1. The van der Waals surface area contributed by atoms with Crippen molar-refractivity contribution in [2.24, 2.45) is 50.2 Å². The highest BCUT2D eigenvalue weighted by Gasteiger charge is 2.69. The van der Waals surface area contributed by atoms with E-state index in [9.17, 15) is 5.11 Å². The topological polar surface area (TPSA) is 20.2 Å². The molecule has 0 aromatic rings. The first-order valence-corrected chi connectivity index (χ1v) is 13.6. The first-order chi connectivity index (χ1) is 14.2. The average Bonchev–Trinajstić information content (AvgIpc) is 2.68. The molecule has 0 spiro atoms. The van der Waals surface area contributed by atoms with Crippen LogP contribution in [0.25, 0.3) is 0 Å². The molecule has 0 aromatic carbocycles. The molecule has 5 aliphatic carbocycles. The van der Waals surface area contributed by atoms with Gasteiger partial charge in [0.25, 0.3) is 0 Å². The predicted molar refractivity (Wildman–Crippen MR) is 131 cm³/mol. The number of hydrogen-bond acceptors (Lipinski definition) is 1. The highest BCUT2D eigenvalue weighted by molar-refractivity contribution is 5.30. The van der Waals surface area contributed by atoms with Crippen LogP contribution in [0.4, 0.5) is 0 Å². The molecule has 1 heteroatoms. The fourth-order valence-electron chi connectivity index (χ4n) is 10.4. The molecule has 5 rings (SSSR count). The van der Waals surface area contributed by atoms with Gasteiger partial charge in [0.05, 0.1) is 6.10 Å². The van der Waals surface area contributed by atoms with E-state index in [-0.39, 0.29) is 11.5 Å². The van der Waals surface area contributed by atoms with Crippen LogP contribution >= 0.6 is 0 Å². The van der Waals surface area contributed by atoms with Gasteiger partial charge in [0.1, 0.15) is 0 Å². The first kappa shape index (κ1) is 22.5. The lowest BCUT2D eigenvalue weighted by Gasteiger charge is -2.73. The standard InChI is InChI=1S/C30H50O/c1-25(2)13-14-27(5)15-17-29(7)22-11-9-20-21(10-12-24(31)26(20,3)4)28(22,6)16-18-30(29,8)23(27)19-25/h9,21-24,31H,10-19H2,1-8H3/t21-,22+,23-,24?,27-,28+,29-,30+/m1/s1. The van der Waals surface area contributed by atoms with Crippen molar-refractivity contribution in [1.29, 1.82) is 0 Å². The van der Waals surface area contributed by atoms with Crippen LogP contribution in [0.3, 0.4) is 0 Å². The summed E-state index contributed by atoms with van der Waals surface area (Å²) in [6, 6.07) is 0. The van der Waals surface area contributed by atoms with E-state index < -0.39 is 0 Å². The third kappa shape index (κ3) is 2.77. The monoisotopic (exact) mass is 426 g/mol. The van der Waals surface area contributed by atoms with Gasteiger partial charge in [-0.3, -0.25) is 0 Å². The largest absolute Gasteiger partial charge is 0.392 e. The third-order valence-electron chi connectivity index (χ3n) is 13.1. The molecule has 1 nitrogen and oxygen atoms in total. The zero-order valence-electron chi connectivity index (χ0n) is 21.9. The summed E-state index contributed by atoms with van der Waals surface area (Å²) in [6.07, 6.45) is 15.9. The lowest BCUT2D eigenvalue weighted by Crippen LogP contribution is -2.65. The number of aliphatic hydroxyl groups is 1. The van der Waals surface area contributed by atoms with Crippen LogP contribution < -0.4 is 0 Å². The van der Waals surface area contributed by atoms with Gasteiger partial charge in [0.15, 0.2) is 0 Å². The van der Waals surface area contributed by atoms with Gasteiger partial charge >= 0.3 is 0 Å². The molecule has 0 aromatic heterocycles. The van der Waals surface area contributed by atoms with E-state index >= 15 is 0 Å². The molecule has 0 heterocycles. The van der Waals surface area contributed by atoms with E-state index in [2.05, 4.69) is 61.5 Å². The van der Waals surface area contributed by atoms with Gasteiger partial charge in [-0.2, -0.15) is 0 Å². The van der Waals surface area contributed by atoms with Gasteiger partial charge in [0, 0.05) is 5.41 Å². The summed E-state index contributed by atoms with van der Waals surface area (Å²) >= 11 is 0. The molecule has 0 radical (unpaired) electrons. The van der Waals surface area contributed by atoms with E-state index in [1.807, 2.05) is 0 Å². The van der Waals surface area contributed by atoms with Gasteiger partial charge in [-0.1, -0.05) is 67.0 Å². The minimum Gasteiger partial charge on any atom is -0.392 e. The Balaban J connectivity index is 1.57. The SMILES string of the molecule is CC1(C)CC[C@]2(C)CC[C@]3(C)[C@H]4CC=C5[C@@H](CCC(O)C5(C)C)[C@]4(C)CC[C@@]3(C)[C@@H]2C1. The fraction of sp³-hybridized carbons (Fsp3) is 0.933. The van der Waals surface area contributed by atoms with Crippen LogP contribution in [0.15, 0.2) is 11.6 Å². The molecular weight excluding hydrogens is 376 g/mol. The second kappa shape index (κ2) is 6.43. The normalized spacial score (nSPS) is 55.2. The van der Waals surface area contributed by atoms with E-state index in [0.29, 0.717) is 33.0 Å². The van der Waals surface area contributed by atoms with E-state index in [1.165, 1.54) is 57.8 Å². The molecule has 1 unspecified atom stereocenters. The second-order valence-electron chi connectivity index (χ2n) is 15.2. The highest BCUT2D eigenvalue weighted by atomic mass is 16.3. The fourth-order valence-corrected chi connectivity index (χ4v) is 10.4. The molecule has 176 valence electrons. The lowest BCUT2D eigenvalue weighted by molar-refractivity contribution is -0.230. The van der Waals surface area contributed by atoms with Crippen molar-refractivity contribution in [3.63, 3.8) is 0 Å². The van der Waals surface area contributed by atoms with Gasteiger partial charge in [-0.15, -0.1) is 0 Å². The maximum Gasteiger partial charge on any atom is 0.0628 e. The van der Waals surface area contributed by atoms with Crippen LogP contribution in [0.5, 0.6) is 0 Å². The summed E-state index contributed by atoms with van der Waals surface area (Å²) in [7, 11) is 0. The van der Waals surface area contributed by atoms with Crippen LogP contribution in [0.2, 0.25) is 0 Å². The van der Waals surface area contributed by atoms with Gasteiger partial charge in [-0.05, 0) is 109 Å². The zero-order valence-corrected chi connectivity index (χ0v) is 21.9. The predicted octanol–water partition coefficient (Wildman–Crippen LogP) is 8.17. The van der Waals surface area contributed by atoms with Crippen LogP contribution in [0.1, 0.15) is 120 Å². The number of allylic oxidation sites excluding steroid dienone is 1. The molecular formula is C30H50O. The Hall–Kier alpha value is -0.300. The third-order valence-corrected chi connectivity index (χ3v) is 13.1. The maximum atomic E-state index is 10.8. The van der Waals surface area contributed by atoms with Crippen molar-refractivity contribution in [3.05, 3.63) is 11.6 Å². The van der Waals surface area contributed by atoms with Crippen LogP contribution in [0, 0.1) is 50.2 Å². The Morgan fingerprint density at radius 1 is 0.742 bits per heavy atom. The molecule has 0 aliphatic heterocycles. The molecule has 4 fully saturated rings. The summed E-state index contributed by atoms with van der Waals surface area (Å²) in [6.45, 7) is 20.5. The quantitative estimate of drug-likeness (QED) is 0.387. The summed E-state index contributed by atoms with van der Waals surface area (Å²) in [4.78, 5) is 0. The van der Waals surface area contributed by atoms with Gasteiger partial charge < -0.3 is 5.11 Å². The Morgan fingerprint density at radius 2 is 1.35 bits per heavy atom. The zero-order chi connectivity index (χ0) is 22.7. The summed E-state index contributed by atoms with van der Waals surface area (Å²) in [5.74, 6) is 2.36. The summed E-state index contributed by atoms with van der Waals surface area (Å²) in [5, 5.41) is 10.8. The lowest BCUT2D eigenvalue weighted by atomic mass is 9.31. The molecule has 1 N–H and O–H groups in total. The Labute approximate surface area is 192 Å². The average molecular weight is 427 g/mol. The van der Waals surface area contributed by atoms with Gasteiger partial charge in [0.2, 0.25) is 0 Å².